The van der Waals surface area contributed by atoms with Crippen molar-refractivity contribution >= 4 is 45.7 Å². The summed E-state index contributed by atoms with van der Waals surface area (Å²) in [6.07, 6.45) is 1.91. The molecule has 3 heterocycles. The van der Waals surface area contributed by atoms with Gasteiger partial charge in [-0.25, -0.2) is 0 Å². The predicted molar refractivity (Wildman–Crippen MR) is 116 cm³/mol. The maximum atomic E-state index is 12.7. The van der Waals surface area contributed by atoms with Crippen LogP contribution in [0.25, 0.3) is 0 Å². The lowest BCUT2D eigenvalue weighted by Gasteiger charge is -2.17. The molecular formula is C20H19N5O3S2. The van der Waals surface area contributed by atoms with E-state index < -0.39 is 5.92 Å². The topological polar surface area (TPSA) is 97.3 Å². The van der Waals surface area contributed by atoms with E-state index in [1.807, 2.05) is 36.4 Å². The van der Waals surface area contributed by atoms with Crippen molar-refractivity contribution < 1.29 is 14.3 Å². The van der Waals surface area contributed by atoms with Crippen LogP contribution in [0.15, 0.2) is 53.0 Å². The fourth-order valence-electron chi connectivity index (χ4n) is 3.06. The molecule has 1 atom stereocenters. The second-order valence-electron chi connectivity index (χ2n) is 6.58. The summed E-state index contributed by atoms with van der Waals surface area (Å²) in [6.45, 7) is 0.317. The number of nitrogens with zero attached hydrogens (tertiary/aromatic N) is 4. The zero-order valence-corrected chi connectivity index (χ0v) is 17.8. The van der Waals surface area contributed by atoms with Crippen LogP contribution in [0, 0.1) is 5.92 Å². The van der Waals surface area contributed by atoms with E-state index in [9.17, 15) is 9.59 Å². The molecule has 0 unspecified atom stereocenters. The molecule has 8 nitrogen and oxygen atoms in total. The summed E-state index contributed by atoms with van der Waals surface area (Å²) in [6, 6.07) is 13.0. The molecule has 2 amide bonds. The third-order valence-electron chi connectivity index (χ3n) is 4.57. The number of carbonyl (C=O) groups excluding carboxylic acids is 2. The van der Waals surface area contributed by atoms with Gasteiger partial charge in [0.2, 0.25) is 16.9 Å². The van der Waals surface area contributed by atoms with Gasteiger partial charge < -0.3 is 15.0 Å². The molecule has 1 fully saturated rings. The van der Waals surface area contributed by atoms with Gasteiger partial charge in [-0.05, 0) is 24.3 Å². The zero-order chi connectivity index (χ0) is 20.9. The molecule has 0 aliphatic carbocycles. The summed E-state index contributed by atoms with van der Waals surface area (Å²) in [5.41, 5.74) is 1.67. The first kappa shape index (κ1) is 20.3. The Balaban J connectivity index is 1.34. The average Bonchev–Trinajstić information content (AvgIpc) is 3.39. The van der Waals surface area contributed by atoms with Gasteiger partial charge in [0, 0.05) is 36.7 Å². The minimum Gasteiger partial charge on any atom is -0.497 e. The third kappa shape index (κ3) is 4.77. The highest BCUT2D eigenvalue weighted by Gasteiger charge is 2.35. The van der Waals surface area contributed by atoms with Gasteiger partial charge in [-0.15, -0.1) is 10.2 Å². The second-order valence-corrected chi connectivity index (χ2v) is 8.78. The maximum Gasteiger partial charge on any atom is 0.231 e. The van der Waals surface area contributed by atoms with E-state index >= 15 is 0 Å². The van der Waals surface area contributed by atoms with Crippen LogP contribution in [0.1, 0.15) is 12.1 Å². The number of methoxy groups -OCH3 is 1. The highest BCUT2D eigenvalue weighted by atomic mass is 32.2. The SMILES string of the molecule is COc1cccc(N2C[C@@H](C(=O)Nc3nnc(SCc4ccccn4)s3)CC2=O)c1. The molecule has 30 heavy (non-hydrogen) atoms. The van der Waals surface area contributed by atoms with E-state index in [2.05, 4.69) is 20.5 Å². The van der Waals surface area contributed by atoms with Crippen LogP contribution in [0.3, 0.4) is 0 Å². The van der Waals surface area contributed by atoms with Gasteiger partial charge in [0.05, 0.1) is 18.7 Å². The van der Waals surface area contributed by atoms with Crippen LogP contribution >= 0.6 is 23.1 Å². The zero-order valence-electron chi connectivity index (χ0n) is 16.1. The lowest BCUT2D eigenvalue weighted by atomic mass is 10.1. The van der Waals surface area contributed by atoms with E-state index in [1.54, 1.807) is 24.3 Å². The highest BCUT2D eigenvalue weighted by molar-refractivity contribution is 8.00. The van der Waals surface area contributed by atoms with Crippen molar-refractivity contribution in [3.8, 4) is 5.75 Å². The van der Waals surface area contributed by atoms with Crippen LogP contribution in [0.2, 0.25) is 0 Å². The van der Waals surface area contributed by atoms with Gasteiger partial charge in [-0.1, -0.05) is 35.2 Å². The second kappa shape index (κ2) is 9.23. The number of anilines is 2. The Labute approximate surface area is 181 Å². The molecule has 1 aromatic carbocycles. The monoisotopic (exact) mass is 441 g/mol. The van der Waals surface area contributed by atoms with Crippen molar-refractivity contribution in [3.05, 3.63) is 54.4 Å². The number of amides is 2. The van der Waals surface area contributed by atoms with Gasteiger partial charge in [0.1, 0.15) is 5.75 Å². The van der Waals surface area contributed by atoms with Crippen LogP contribution < -0.4 is 15.0 Å². The quantitative estimate of drug-likeness (QED) is 0.444. The maximum absolute atomic E-state index is 12.7. The Hall–Kier alpha value is -2.98. The molecule has 1 saturated heterocycles. The number of hydrogen-bond donors (Lipinski definition) is 1. The molecule has 154 valence electrons. The molecule has 4 rings (SSSR count). The predicted octanol–water partition coefficient (Wildman–Crippen LogP) is 3.23. The molecule has 0 radical (unpaired) electrons. The van der Waals surface area contributed by atoms with Crippen LogP contribution in [0.5, 0.6) is 5.75 Å². The summed E-state index contributed by atoms with van der Waals surface area (Å²) in [5.74, 6) is 0.573. The minimum atomic E-state index is -0.447. The lowest BCUT2D eigenvalue weighted by molar-refractivity contribution is -0.122. The number of carbonyl (C=O) groups is 2. The average molecular weight is 442 g/mol. The van der Waals surface area contributed by atoms with Crippen molar-refractivity contribution in [2.75, 3.05) is 23.9 Å². The summed E-state index contributed by atoms with van der Waals surface area (Å²) >= 11 is 2.82. The minimum absolute atomic E-state index is 0.0905. The molecule has 1 N–H and O–H groups in total. The number of hydrogen-bond acceptors (Lipinski definition) is 8. The summed E-state index contributed by atoms with van der Waals surface area (Å²) < 4.78 is 5.96. The molecule has 1 aliphatic rings. The number of thioether (sulfide) groups is 1. The molecule has 2 aromatic heterocycles. The smallest absolute Gasteiger partial charge is 0.231 e. The van der Waals surface area contributed by atoms with Crippen molar-refractivity contribution in [3.63, 3.8) is 0 Å². The number of aromatic nitrogens is 3. The van der Waals surface area contributed by atoms with Crippen LogP contribution in [0.4, 0.5) is 10.8 Å². The molecule has 10 heteroatoms. The Morgan fingerprint density at radius 3 is 3.00 bits per heavy atom. The Kier molecular flexibility index (Phi) is 6.24. The van der Waals surface area contributed by atoms with E-state index in [0.29, 0.717) is 23.2 Å². The molecule has 0 spiro atoms. The van der Waals surface area contributed by atoms with Crippen molar-refractivity contribution in [2.45, 2.75) is 16.5 Å². The number of pyridine rings is 1. The first-order valence-corrected chi connectivity index (χ1v) is 11.0. The number of benzene rings is 1. The van der Waals surface area contributed by atoms with Crippen LogP contribution in [-0.4, -0.2) is 40.7 Å². The fraction of sp³-hybridized carbons (Fsp3) is 0.250. The molecule has 0 saturated carbocycles. The van der Waals surface area contributed by atoms with Crippen molar-refractivity contribution in [1.82, 2.24) is 15.2 Å². The van der Waals surface area contributed by atoms with E-state index in [1.165, 1.54) is 23.1 Å². The summed E-state index contributed by atoms with van der Waals surface area (Å²) in [7, 11) is 1.58. The van der Waals surface area contributed by atoms with Gasteiger partial charge in [0.25, 0.3) is 0 Å². The first-order chi connectivity index (χ1) is 14.6. The van der Waals surface area contributed by atoms with Crippen molar-refractivity contribution in [1.29, 1.82) is 0 Å². The number of nitrogens with one attached hydrogen (secondary N) is 1. The lowest BCUT2D eigenvalue weighted by Crippen LogP contribution is -2.28. The summed E-state index contributed by atoms with van der Waals surface area (Å²) in [5, 5.41) is 11.4. The Morgan fingerprint density at radius 1 is 1.30 bits per heavy atom. The third-order valence-corrected chi connectivity index (χ3v) is 6.57. The van der Waals surface area contributed by atoms with E-state index in [0.717, 1.165) is 15.7 Å². The molecule has 3 aromatic rings. The fourth-order valence-corrected chi connectivity index (χ4v) is 4.73. The van der Waals surface area contributed by atoms with E-state index in [-0.39, 0.29) is 18.2 Å². The Morgan fingerprint density at radius 2 is 2.20 bits per heavy atom. The summed E-state index contributed by atoms with van der Waals surface area (Å²) in [4.78, 5) is 31.0. The van der Waals surface area contributed by atoms with Gasteiger partial charge in [0.15, 0.2) is 4.34 Å². The van der Waals surface area contributed by atoms with Gasteiger partial charge in [-0.3, -0.25) is 14.6 Å². The first-order valence-electron chi connectivity index (χ1n) is 9.24. The molecule has 0 bridgehead atoms. The molecule has 1 aliphatic heterocycles. The number of ether oxygens (including phenoxy) is 1. The normalized spacial score (nSPS) is 16.0. The number of rotatable bonds is 7. The van der Waals surface area contributed by atoms with Gasteiger partial charge in [-0.2, -0.15) is 0 Å². The van der Waals surface area contributed by atoms with Gasteiger partial charge >= 0.3 is 0 Å². The standard InChI is InChI=1S/C20H19N5O3S2/c1-28-16-7-4-6-15(10-16)25-11-13(9-17(25)26)18(27)22-19-23-24-20(30-19)29-12-14-5-2-3-8-21-14/h2-8,10,13H,9,11-12H2,1H3,(H,22,23,27)/t13-/m0/s1. The Bertz CT molecular complexity index is 1040. The molecular weight excluding hydrogens is 422 g/mol. The highest BCUT2D eigenvalue weighted by Crippen LogP contribution is 2.30. The van der Waals surface area contributed by atoms with E-state index in [4.69, 9.17) is 4.74 Å². The largest absolute Gasteiger partial charge is 0.497 e. The van der Waals surface area contributed by atoms with Crippen LogP contribution in [-0.2, 0) is 15.3 Å². The van der Waals surface area contributed by atoms with Crippen molar-refractivity contribution in [2.24, 2.45) is 5.92 Å².